The van der Waals surface area contributed by atoms with Crippen LogP contribution in [0.1, 0.15) is 5.56 Å². The topological polar surface area (TPSA) is 75.8 Å². The van der Waals surface area contributed by atoms with Crippen molar-refractivity contribution in [2.24, 2.45) is 5.73 Å². The third-order valence-corrected chi connectivity index (χ3v) is 3.34. The van der Waals surface area contributed by atoms with E-state index in [0.717, 1.165) is 15.8 Å². The number of carbonyl (C=O) groups excluding carboxylic acids is 1. The lowest BCUT2D eigenvalue weighted by Crippen LogP contribution is -2.41. The molecular weight excluding hydrogens is 312 g/mol. The Morgan fingerprint density at radius 3 is 2.84 bits per heavy atom. The van der Waals surface area contributed by atoms with Gasteiger partial charge in [0.2, 0.25) is 0 Å². The third kappa shape index (κ3) is 4.49. The molecule has 0 saturated heterocycles. The molecule has 0 fully saturated rings. The van der Waals surface area contributed by atoms with Gasteiger partial charge in [0.25, 0.3) is 5.91 Å². The van der Waals surface area contributed by atoms with E-state index in [2.05, 4.69) is 15.9 Å². The van der Waals surface area contributed by atoms with Gasteiger partial charge in [0.05, 0.1) is 7.11 Å². The molecule has 0 aliphatic heterocycles. The number of ether oxygens (including phenoxy) is 1. The number of hydrogen-bond acceptors (Lipinski definition) is 4. The van der Waals surface area contributed by atoms with E-state index in [4.69, 9.17) is 10.5 Å². The van der Waals surface area contributed by atoms with Crippen LogP contribution in [0.15, 0.2) is 22.7 Å². The highest BCUT2D eigenvalue weighted by Crippen LogP contribution is 2.23. The number of amides is 1. The van der Waals surface area contributed by atoms with Crippen molar-refractivity contribution in [3.63, 3.8) is 0 Å². The van der Waals surface area contributed by atoms with Crippen LogP contribution in [0.3, 0.4) is 0 Å². The third-order valence-electron chi connectivity index (χ3n) is 2.84. The lowest BCUT2D eigenvalue weighted by Gasteiger charge is -2.20. The quantitative estimate of drug-likeness (QED) is 0.808. The molecule has 19 heavy (non-hydrogen) atoms. The fourth-order valence-electron chi connectivity index (χ4n) is 1.70. The largest absolute Gasteiger partial charge is 0.496 e. The first-order chi connectivity index (χ1) is 8.99. The summed E-state index contributed by atoms with van der Waals surface area (Å²) in [4.78, 5) is 13.1. The van der Waals surface area contributed by atoms with E-state index in [1.54, 1.807) is 14.2 Å². The molecule has 1 aromatic carbocycles. The van der Waals surface area contributed by atoms with E-state index in [1.807, 2.05) is 18.2 Å². The first kappa shape index (κ1) is 15.9. The van der Waals surface area contributed by atoms with Crippen molar-refractivity contribution in [1.29, 1.82) is 0 Å². The van der Waals surface area contributed by atoms with Gasteiger partial charge in [-0.2, -0.15) is 0 Å². The van der Waals surface area contributed by atoms with Crippen LogP contribution in [-0.4, -0.2) is 49.3 Å². The van der Waals surface area contributed by atoms with Gasteiger partial charge < -0.3 is 20.5 Å². The summed E-state index contributed by atoms with van der Waals surface area (Å²) in [6, 6.07) is 5.72. The van der Waals surface area contributed by atoms with Crippen molar-refractivity contribution in [2.75, 3.05) is 27.2 Å². The van der Waals surface area contributed by atoms with Crippen LogP contribution < -0.4 is 10.5 Å². The molecule has 106 valence electrons. The Balaban J connectivity index is 2.66. The predicted molar refractivity (Wildman–Crippen MR) is 77.1 cm³/mol. The van der Waals surface area contributed by atoms with Crippen LogP contribution in [0.4, 0.5) is 0 Å². The van der Waals surface area contributed by atoms with Gasteiger partial charge in [-0.25, -0.2) is 0 Å². The summed E-state index contributed by atoms with van der Waals surface area (Å²) < 4.78 is 6.23. The average molecular weight is 331 g/mol. The lowest BCUT2D eigenvalue weighted by molar-refractivity contribution is -0.138. The molecule has 0 aliphatic carbocycles. The number of likely N-dealkylation sites (N-methyl/N-ethyl adjacent to an activating group) is 1. The Morgan fingerprint density at radius 2 is 2.26 bits per heavy atom. The second-order valence-electron chi connectivity index (χ2n) is 4.22. The molecule has 1 rings (SSSR count). The van der Waals surface area contributed by atoms with Crippen LogP contribution in [0, 0.1) is 0 Å². The van der Waals surface area contributed by atoms with Crippen LogP contribution >= 0.6 is 15.9 Å². The number of hydrogen-bond donors (Lipinski definition) is 2. The number of aliphatic hydroxyl groups is 1. The Bertz CT molecular complexity index is 440. The zero-order valence-corrected chi connectivity index (χ0v) is 12.7. The second kappa shape index (κ2) is 7.47. The van der Waals surface area contributed by atoms with Gasteiger partial charge in [0.15, 0.2) is 0 Å². The summed E-state index contributed by atoms with van der Waals surface area (Å²) in [5.41, 5.74) is 6.26. The van der Waals surface area contributed by atoms with E-state index >= 15 is 0 Å². The standard InChI is InChI=1S/C13H19BrN2O3/c1-16(13(18)11(17)8-15)6-5-9-7-10(14)3-4-12(9)19-2/h3-4,7,11,17H,5-6,8,15H2,1-2H3. The lowest BCUT2D eigenvalue weighted by atomic mass is 10.1. The molecule has 0 aromatic heterocycles. The fourth-order valence-corrected chi connectivity index (χ4v) is 2.10. The van der Waals surface area contributed by atoms with Crippen molar-refractivity contribution in [1.82, 2.24) is 4.90 Å². The maximum atomic E-state index is 11.7. The zero-order valence-electron chi connectivity index (χ0n) is 11.1. The van der Waals surface area contributed by atoms with Crippen LogP contribution in [0.5, 0.6) is 5.75 Å². The summed E-state index contributed by atoms with van der Waals surface area (Å²) in [5, 5.41) is 9.39. The average Bonchev–Trinajstić information content (AvgIpc) is 2.43. The van der Waals surface area contributed by atoms with Gasteiger partial charge in [-0.3, -0.25) is 4.79 Å². The first-order valence-corrected chi connectivity index (χ1v) is 6.74. The molecule has 0 bridgehead atoms. The minimum atomic E-state index is -1.13. The number of rotatable bonds is 6. The van der Waals surface area contributed by atoms with E-state index in [0.29, 0.717) is 13.0 Å². The van der Waals surface area contributed by atoms with Gasteiger partial charge in [-0.05, 0) is 30.2 Å². The summed E-state index contributed by atoms with van der Waals surface area (Å²) in [5.74, 6) is 0.417. The molecule has 1 unspecified atom stereocenters. The molecule has 5 nitrogen and oxygen atoms in total. The maximum Gasteiger partial charge on any atom is 0.252 e. The van der Waals surface area contributed by atoms with Gasteiger partial charge in [-0.1, -0.05) is 15.9 Å². The smallest absolute Gasteiger partial charge is 0.252 e. The number of carbonyl (C=O) groups is 1. The molecule has 0 radical (unpaired) electrons. The summed E-state index contributed by atoms with van der Waals surface area (Å²) in [6.45, 7) is 0.423. The van der Waals surface area contributed by atoms with Gasteiger partial charge in [0, 0.05) is 24.6 Å². The highest BCUT2D eigenvalue weighted by molar-refractivity contribution is 9.10. The van der Waals surface area contributed by atoms with Crippen LogP contribution in [0.2, 0.25) is 0 Å². The molecular formula is C13H19BrN2O3. The molecule has 1 atom stereocenters. The van der Waals surface area contributed by atoms with E-state index in [9.17, 15) is 9.90 Å². The first-order valence-electron chi connectivity index (χ1n) is 5.95. The molecule has 1 amide bonds. The normalized spacial score (nSPS) is 12.1. The Hall–Kier alpha value is -1.11. The minimum Gasteiger partial charge on any atom is -0.496 e. The van der Waals surface area contributed by atoms with E-state index in [1.165, 1.54) is 4.90 Å². The minimum absolute atomic E-state index is 0.0661. The SMILES string of the molecule is COc1ccc(Br)cc1CCN(C)C(=O)C(O)CN. The fraction of sp³-hybridized carbons (Fsp3) is 0.462. The van der Waals surface area contributed by atoms with E-state index < -0.39 is 6.10 Å². The van der Waals surface area contributed by atoms with Crippen molar-refractivity contribution in [2.45, 2.75) is 12.5 Å². The number of methoxy groups -OCH3 is 1. The number of halogens is 1. The molecule has 0 saturated carbocycles. The van der Waals surface area contributed by atoms with Gasteiger partial charge in [0.1, 0.15) is 11.9 Å². The molecule has 0 aliphatic rings. The number of aliphatic hydroxyl groups excluding tert-OH is 1. The van der Waals surface area contributed by atoms with Gasteiger partial charge in [-0.15, -0.1) is 0 Å². The van der Waals surface area contributed by atoms with Crippen molar-refractivity contribution in [3.8, 4) is 5.75 Å². The molecule has 3 N–H and O–H groups in total. The highest BCUT2D eigenvalue weighted by atomic mass is 79.9. The van der Waals surface area contributed by atoms with Crippen molar-refractivity contribution >= 4 is 21.8 Å². The molecule has 6 heteroatoms. The molecule has 0 heterocycles. The monoisotopic (exact) mass is 330 g/mol. The molecule has 0 spiro atoms. The summed E-state index contributed by atoms with van der Waals surface area (Å²) in [6.07, 6.45) is -0.489. The van der Waals surface area contributed by atoms with Crippen molar-refractivity contribution in [3.05, 3.63) is 28.2 Å². The van der Waals surface area contributed by atoms with Crippen LogP contribution in [-0.2, 0) is 11.2 Å². The Kier molecular flexibility index (Phi) is 6.27. The number of benzene rings is 1. The molecule has 1 aromatic rings. The van der Waals surface area contributed by atoms with Crippen molar-refractivity contribution < 1.29 is 14.6 Å². The Morgan fingerprint density at radius 1 is 1.58 bits per heavy atom. The number of nitrogens with two attached hydrogens (primary N) is 1. The zero-order chi connectivity index (χ0) is 14.4. The summed E-state index contributed by atoms with van der Waals surface area (Å²) >= 11 is 3.40. The summed E-state index contributed by atoms with van der Waals surface area (Å²) in [7, 11) is 3.26. The second-order valence-corrected chi connectivity index (χ2v) is 5.13. The van der Waals surface area contributed by atoms with E-state index in [-0.39, 0.29) is 12.5 Å². The highest BCUT2D eigenvalue weighted by Gasteiger charge is 2.17. The predicted octanol–water partition coefficient (Wildman–Crippen LogP) is 0.778. The Labute approximate surface area is 121 Å². The van der Waals surface area contributed by atoms with Crippen LogP contribution in [0.25, 0.3) is 0 Å². The van der Waals surface area contributed by atoms with Gasteiger partial charge >= 0.3 is 0 Å². The number of nitrogens with zero attached hydrogens (tertiary/aromatic N) is 1. The maximum absolute atomic E-state index is 11.7.